The zero-order valence-corrected chi connectivity index (χ0v) is 22.9. The van der Waals surface area contributed by atoms with E-state index >= 15 is 0 Å². The quantitative estimate of drug-likeness (QED) is 0.251. The highest BCUT2D eigenvalue weighted by molar-refractivity contribution is 9.10. The van der Waals surface area contributed by atoms with Crippen LogP contribution in [-0.2, 0) is 17.9 Å². The molecule has 0 spiro atoms. The van der Waals surface area contributed by atoms with Crippen LogP contribution in [0.1, 0.15) is 16.7 Å². The van der Waals surface area contributed by atoms with E-state index in [1.807, 2.05) is 18.2 Å². The van der Waals surface area contributed by atoms with Crippen LogP contribution in [-0.4, -0.2) is 23.2 Å². The van der Waals surface area contributed by atoms with Crippen LogP contribution in [0.25, 0.3) is 6.08 Å². The molecule has 1 aliphatic heterocycles. The number of carbonyl (C=O) groups is 2. The molecule has 1 saturated heterocycles. The van der Waals surface area contributed by atoms with Gasteiger partial charge in [-0.2, -0.15) is 0 Å². The second-order valence-corrected chi connectivity index (χ2v) is 10.5. The van der Waals surface area contributed by atoms with Crippen LogP contribution >= 0.6 is 62.5 Å². The van der Waals surface area contributed by atoms with Crippen molar-refractivity contribution in [3.05, 3.63) is 95.7 Å². The Morgan fingerprint density at radius 1 is 1.00 bits per heavy atom. The first-order valence-corrected chi connectivity index (χ1v) is 12.9. The van der Waals surface area contributed by atoms with Gasteiger partial charge < -0.3 is 9.47 Å². The van der Waals surface area contributed by atoms with E-state index in [1.165, 1.54) is 7.11 Å². The van der Waals surface area contributed by atoms with Gasteiger partial charge in [-0.05, 0) is 69.7 Å². The van der Waals surface area contributed by atoms with Crippen molar-refractivity contribution in [2.45, 2.75) is 13.2 Å². The van der Waals surface area contributed by atoms with E-state index in [4.69, 9.17) is 44.3 Å². The maximum absolute atomic E-state index is 13.0. The second-order valence-electron chi connectivity index (χ2n) is 7.38. The first-order valence-electron chi connectivity index (χ1n) is 10.2. The van der Waals surface area contributed by atoms with Crippen LogP contribution in [0.4, 0.5) is 4.79 Å². The predicted octanol–water partition coefficient (Wildman–Crippen LogP) is 8.23. The number of amides is 2. The molecule has 5 nitrogen and oxygen atoms in total. The van der Waals surface area contributed by atoms with Crippen molar-refractivity contribution in [3.8, 4) is 11.5 Å². The number of hydrogen-bond acceptors (Lipinski definition) is 5. The highest BCUT2D eigenvalue weighted by Crippen LogP contribution is 2.40. The third kappa shape index (κ3) is 5.81. The van der Waals surface area contributed by atoms with Crippen LogP contribution in [0.15, 0.2) is 64.0 Å². The van der Waals surface area contributed by atoms with Crippen molar-refractivity contribution in [2.75, 3.05) is 7.11 Å². The Hall–Kier alpha value is -2.16. The smallest absolute Gasteiger partial charge is 0.293 e. The molecule has 0 N–H and O–H groups in total. The molecule has 35 heavy (non-hydrogen) atoms. The highest BCUT2D eigenvalue weighted by Gasteiger charge is 2.35. The summed E-state index contributed by atoms with van der Waals surface area (Å²) in [6, 6.07) is 15.9. The minimum absolute atomic E-state index is 0.0116. The zero-order chi connectivity index (χ0) is 25.1. The predicted molar refractivity (Wildman–Crippen MR) is 144 cm³/mol. The van der Waals surface area contributed by atoms with Crippen molar-refractivity contribution in [1.82, 2.24) is 4.90 Å². The van der Waals surface area contributed by atoms with Gasteiger partial charge >= 0.3 is 0 Å². The van der Waals surface area contributed by atoms with Gasteiger partial charge in [0.2, 0.25) is 0 Å². The molecular weight excluding hydrogens is 597 g/mol. The Balaban J connectivity index is 1.56. The summed E-state index contributed by atoms with van der Waals surface area (Å²) in [4.78, 5) is 27.0. The molecule has 0 aliphatic carbocycles. The summed E-state index contributed by atoms with van der Waals surface area (Å²) >= 11 is 23.0. The number of halogens is 4. The van der Waals surface area contributed by atoms with Crippen LogP contribution in [0.2, 0.25) is 15.1 Å². The molecular formula is C25H17BrCl3NO4S. The van der Waals surface area contributed by atoms with E-state index < -0.39 is 11.1 Å². The molecule has 0 radical (unpaired) electrons. The number of methoxy groups -OCH3 is 1. The summed E-state index contributed by atoms with van der Waals surface area (Å²) in [7, 11) is 1.52. The average molecular weight is 614 g/mol. The summed E-state index contributed by atoms with van der Waals surface area (Å²) in [5.74, 6) is 0.524. The molecule has 3 aromatic rings. The minimum Gasteiger partial charge on any atom is -0.493 e. The molecule has 2 amide bonds. The summed E-state index contributed by atoms with van der Waals surface area (Å²) < 4.78 is 12.1. The summed E-state index contributed by atoms with van der Waals surface area (Å²) in [5, 5.41) is 0.985. The molecule has 0 saturated carbocycles. The maximum Gasteiger partial charge on any atom is 0.293 e. The Kier molecular flexibility index (Phi) is 8.34. The summed E-state index contributed by atoms with van der Waals surface area (Å²) in [5.41, 5.74) is 2.00. The first-order chi connectivity index (χ1) is 16.8. The molecule has 10 heteroatoms. The minimum atomic E-state index is -0.426. The lowest BCUT2D eigenvalue weighted by atomic mass is 10.1. The fourth-order valence-corrected chi connectivity index (χ4v) is 5.48. The van der Waals surface area contributed by atoms with Crippen LogP contribution in [0, 0.1) is 0 Å². The summed E-state index contributed by atoms with van der Waals surface area (Å²) in [6.45, 7) is 0.236. The number of ether oxygens (including phenoxy) is 2. The van der Waals surface area contributed by atoms with E-state index in [0.717, 1.165) is 22.2 Å². The van der Waals surface area contributed by atoms with Crippen molar-refractivity contribution in [3.63, 3.8) is 0 Å². The van der Waals surface area contributed by atoms with Crippen molar-refractivity contribution in [1.29, 1.82) is 0 Å². The maximum atomic E-state index is 13.0. The van der Waals surface area contributed by atoms with Gasteiger partial charge in [0, 0.05) is 26.2 Å². The van der Waals surface area contributed by atoms with E-state index in [-0.39, 0.29) is 18.1 Å². The summed E-state index contributed by atoms with van der Waals surface area (Å²) in [6.07, 6.45) is 1.63. The molecule has 0 bridgehead atoms. The molecule has 1 fully saturated rings. The van der Waals surface area contributed by atoms with Crippen LogP contribution in [0.3, 0.4) is 0 Å². The van der Waals surface area contributed by atoms with Gasteiger partial charge in [-0.3, -0.25) is 14.5 Å². The number of rotatable bonds is 7. The van der Waals surface area contributed by atoms with Gasteiger partial charge in [0.1, 0.15) is 6.61 Å². The Morgan fingerprint density at radius 3 is 2.37 bits per heavy atom. The zero-order valence-electron chi connectivity index (χ0n) is 18.2. The van der Waals surface area contributed by atoms with Gasteiger partial charge in [0.25, 0.3) is 11.1 Å². The number of nitrogens with zero attached hydrogens (tertiary/aromatic N) is 1. The average Bonchev–Trinajstić information content (AvgIpc) is 3.08. The van der Waals surface area contributed by atoms with Gasteiger partial charge in [0.15, 0.2) is 11.5 Å². The van der Waals surface area contributed by atoms with Crippen molar-refractivity contribution < 1.29 is 19.1 Å². The standard InChI is InChI=1S/C25H17BrCl3NO4S/c1-33-21-10-14(9-17(26)23(21)34-13-15-5-2-3-6-18(15)27)11-22-24(31)30(25(32)35-22)12-16-19(28)7-4-8-20(16)29/h2-11H,12-13H2,1H3/b22-11-. The molecule has 0 atom stereocenters. The fourth-order valence-electron chi connectivity index (χ4n) is 3.36. The molecule has 3 aromatic carbocycles. The molecule has 1 aliphatic rings. The lowest BCUT2D eigenvalue weighted by molar-refractivity contribution is -0.123. The number of benzene rings is 3. The molecule has 180 valence electrons. The molecule has 0 unspecified atom stereocenters. The number of thioether (sulfide) groups is 1. The van der Waals surface area contributed by atoms with Gasteiger partial charge in [0.05, 0.1) is 23.0 Å². The van der Waals surface area contributed by atoms with Crippen LogP contribution in [0.5, 0.6) is 11.5 Å². The van der Waals surface area contributed by atoms with E-state index in [2.05, 4.69) is 15.9 Å². The van der Waals surface area contributed by atoms with Gasteiger partial charge in [-0.25, -0.2) is 0 Å². The third-order valence-electron chi connectivity index (χ3n) is 5.13. The number of carbonyl (C=O) groups excluding carboxylic acids is 2. The van der Waals surface area contributed by atoms with Gasteiger partial charge in [-0.15, -0.1) is 0 Å². The number of hydrogen-bond donors (Lipinski definition) is 0. The monoisotopic (exact) mass is 611 g/mol. The normalized spacial score (nSPS) is 14.7. The lowest BCUT2D eigenvalue weighted by Crippen LogP contribution is -2.27. The van der Waals surface area contributed by atoms with E-state index in [1.54, 1.807) is 42.5 Å². The SMILES string of the molecule is COc1cc(/C=C2\SC(=O)N(Cc3c(Cl)cccc3Cl)C2=O)cc(Br)c1OCc1ccccc1Cl. The third-order valence-corrected chi connectivity index (χ3v) is 7.70. The molecule has 4 rings (SSSR count). The Morgan fingerprint density at radius 2 is 1.69 bits per heavy atom. The topological polar surface area (TPSA) is 55.8 Å². The number of imide groups is 1. The van der Waals surface area contributed by atoms with Gasteiger partial charge in [-0.1, -0.05) is 59.1 Å². The second kappa shape index (κ2) is 11.3. The Bertz CT molecular complexity index is 1330. The van der Waals surface area contributed by atoms with Crippen LogP contribution < -0.4 is 9.47 Å². The molecule has 1 heterocycles. The fraction of sp³-hybridized carbons (Fsp3) is 0.120. The molecule has 0 aromatic heterocycles. The van der Waals surface area contributed by atoms with Crippen molar-refractivity contribution >= 4 is 79.7 Å². The Labute approximate surface area is 230 Å². The highest BCUT2D eigenvalue weighted by atomic mass is 79.9. The van der Waals surface area contributed by atoms with E-state index in [0.29, 0.717) is 42.2 Å². The lowest BCUT2D eigenvalue weighted by Gasteiger charge is -2.15. The van der Waals surface area contributed by atoms with Crippen molar-refractivity contribution in [2.24, 2.45) is 0 Å². The largest absolute Gasteiger partial charge is 0.493 e. The first kappa shape index (κ1) is 25.9. The van der Waals surface area contributed by atoms with E-state index in [9.17, 15) is 9.59 Å².